The molecule has 0 unspecified atom stereocenters. The lowest BCUT2D eigenvalue weighted by Gasteiger charge is -2.42. The number of aliphatic hydroxyl groups is 1. The maximum atomic E-state index is 11.3. The van der Waals surface area contributed by atoms with Gasteiger partial charge < -0.3 is 14.9 Å². The lowest BCUT2D eigenvalue weighted by molar-refractivity contribution is -0.0618. The third-order valence-corrected chi connectivity index (χ3v) is 4.85. The number of anilines is 1. The van der Waals surface area contributed by atoms with Gasteiger partial charge in [0.15, 0.2) is 0 Å². The van der Waals surface area contributed by atoms with Crippen LogP contribution in [0, 0.1) is 5.92 Å². The Morgan fingerprint density at radius 2 is 1.95 bits per heavy atom. The number of rotatable bonds is 4. The maximum Gasteiger partial charge on any atom is 0.0937 e. The summed E-state index contributed by atoms with van der Waals surface area (Å²) in [5.74, 6) is 0.266. The highest BCUT2D eigenvalue weighted by molar-refractivity contribution is 6.33. The van der Waals surface area contributed by atoms with Crippen LogP contribution in [0.25, 0.3) is 0 Å². The molecule has 2 atom stereocenters. The van der Waals surface area contributed by atoms with Gasteiger partial charge in [0.1, 0.15) is 0 Å². The van der Waals surface area contributed by atoms with Crippen LogP contribution in [0.15, 0.2) is 18.2 Å². The first-order valence-corrected chi connectivity index (χ1v) is 8.07. The van der Waals surface area contributed by atoms with Crippen LogP contribution >= 0.6 is 11.6 Å². The van der Waals surface area contributed by atoms with Crippen LogP contribution in [0.5, 0.6) is 0 Å². The molecule has 4 heteroatoms. The summed E-state index contributed by atoms with van der Waals surface area (Å²) in [6.07, 6.45) is 4.17. The number of benzene rings is 1. The van der Waals surface area contributed by atoms with E-state index in [2.05, 4.69) is 19.0 Å². The molecule has 0 heterocycles. The van der Waals surface area contributed by atoms with E-state index in [-0.39, 0.29) is 5.92 Å². The second kappa shape index (κ2) is 6.55. The highest BCUT2D eigenvalue weighted by atomic mass is 35.5. The van der Waals surface area contributed by atoms with Crippen molar-refractivity contribution < 1.29 is 5.11 Å². The van der Waals surface area contributed by atoms with E-state index >= 15 is 0 Å². The van der Waals surface area contributed by atoms with E-state index in [1.807, 2.05) is 37.2 Å². The van der Waals surface area contributed by atoms with Crippen molar-refractivity contribution in [2.45, 2.75) is 31.3 Å². The lowest BCUT2D eigenvalue weighted by atomic mass is 9.71. The molecule has 3 nitrogen and oxygen atoms in total. The third kappa shape index (κ3) is 3.53. The topological polar surface area (TPSA) is 26.7 Å². The number of hydrogen-bond acceptors (Lipinski definition) is 3. The van der Waals surface area contributed by atoms with Gasteiger partial charge in [0.05, 0.1) is 16.3 Å². The quantitative estimate of drug-likeness (QED) is 0.924. The molecule has 1 saturated carbocycles. The number of halogens is 1. The Morgan fingerprint density at radius 1 is 1.24 bits per heavy atom. The normalized spacial score (nSPS) is 26.1. The van der Waals surface area contributed by atoms with Gasteiger partial charge in [0, 0.05) is 26.6 Å². The summed E-state index contributed by atoms with van der Waals surface area (Å²) in [6.45, 7) is 0.906. The van der Waals surface area contributed by atoms with Gasteiger partial charge in [0.2, 0.25) is 0 Å². The van der Waals surface area contributed by atoms with Gasteiger partial charge in [-0.05, 0) is 44.6 Å². The fourth-order valence-electron chi connectivity index (χ4n) is 3.43. The molecule has 0 saturated heterocycles. The fraction of sp³-hybridized carbons (Fsp3) is 0.647. The Balaban J connectivity index is 2.34. The van der Waals surface area contributed by atoms with Crippen LogP contribution in [0.3, 0.4) is 0 Å². The van der Waals surface area contributed by atoms with Crippen LogP contribution < -0.4 is 4.90 Å². The second-order valence-electron chi connectivity index (χ2n) is 6.69. The Labute approximate surface area is 133 Å². The molecule has 1 fully saturated rings. The lowest BCUT2D eigenvalue weighted by Crippen LogP contribution is -2.43. The molecule has 0 spiro atoms. The highest BCUT2D eigenvalue weighted by Gasteiger charge is 2.40. The molecule has 0 radical (unpaired) electrons. The fourth-order valence-corrected chi connectivity index (χ4v) is 3.78. The summed E-state index contributed by atoms with van der Waals surface area (Å²) in [5.41, 5.74) is 1.20. The van der Waals surface area contributed by atoms with Gasteiger partial charge in [-0.15, -0.1) is 0 Å². The summed E-state index contributed by atoms with van der Waals surface area (Å²) in [5, 5.41) is 12.0. The van der Waals surface area contributed by atoms with Crippen molar-refractivity contribution in [3.8, 4) is 0 Å². The average molecular weight is 311 g/mol. The van der Waals surface area contributed by atoms with Crippen molar-refractivity contribution in [1.82, 2.24) is 4.90 Å². The molecule has 2 rings (SSSR count). The van der Waals surface area contributed by atoms with Crippen LogP contribution in [0.4, 0.5) is 5.69 Å². The van der Waals surface area contributed by atoms with E-state index in [0.717, 1.165) is 37.1 Å². The average Bonchev–Trinajstić information content (AvgIpc) is 2.40. The van der Waals surface area contributed by atoms with Crippen molar-refractivity contribution in [1.29, 1.82) is 0 Å². The van der Waals surface area contributed by atoms with Crippen molar-refractivity contribution in [3.63, 3.8) is 0 Å². The monoisotopic (exact) mass is 310 g/mol. The first-order valence-electron chi connectivity index (χ1n) is 7.69. The second-order valence-corrected chi connectivity index (χ2v) is 7.10. The zero-order valence-corrected chi connectivity index (χ0v) is 14.3. The zero-order valence-electron chi connectivity index (χ0n) is 13.6. The molecule has 1 aliphatic carbocycles. The zero-order chi connectivity index (χ0) is 15.6. The van der Waals surface area contributed by atoms with Gasteiger partial charge in [0.25, 0.3) is 0 Å². The molecule has 21 heavy (non-hydrogen) atoms. The van der Waals surface area contributed by atoms with E-state index in [1.165, 1.54) is 6.42 Å². The Bertz CT molecular complexity index is 490. The van der Waals surface area contributed by atoms with Gasteiger partial charge >= 0.3 is 0 Å². The van der Waals surface area contributed by atoms with Crippen LogP contribution in [0.1, 0.15) is 31.2 Å². The van der Waals surface area contributed by atoms with Crippen LogP contribution in [0.2, 0.25) is 5.02 Å². The van der Waals surface area contributed by atoms with Crippen molar-refractivity contribution in [3.05, 3.63) is 28.8 Å². The van der Waals surface area contributed by atoms with Crippen LogP contribution in [-0.4, -0.2) is 44.7 Å². The first kappa shape index (κ1) is 16.6. The molecular formula is C17H27ClN2O. The summed E-state index contributed by atoms with van der Waals surface area (Å²) >= 11 is 6.40. The Kier molecular flexibility index (Phi) is 5.18. The summed E-state index contributed by atoms with van der Waals surface area (Å²) in [4.78, 5) is 4.16. The molecule has 0 amide bonds. The minimum atomic E-state index is -0.753. The van der Waals surface area contributed by atoms with Gasteiger partial charge in [-0.25, -0.2) is 0 Å². The van der Waals surface area contributed by atoms with E-state index < -0.39 is 5.60 Å². The minimum absolute atomic E-state index is 0.266. The number of hydrogen-bond donors (Lipinski definition) is 1. The third-order valence-electron chi connectivity index (χ3n) is 4.55. The van der Waals surface area contributed by atoms with E-state index in [0.29, 0.717) is 5.02 Å². The molecule has 1 aromatic rings. The first-order chi connectivity index (χ1) is 9.84. The van der Waals surface area contributed by atoms with E-state index in [4.69, 9.17) is 11.6 Å². The maximum absolute atomic E-state index is 11.3. The molecule has 1 aromatic carbocycles. The summed E-state index contributed by atoms with van der Waals surface area (Å²) in [6, 6.07) is 6.00. The SMILES string of the molecule is CN(C)C[C@H]1CCCC[C@]1(O)c1ccc(N(C)C)c(Cl)c1. The molecule has 1 aliphatic rings. The van der Waals surface area contributed by atoms with Gasteiger partial charge in [-0.3, -0.25) is 0 Å². The molecule has 0 aromatic heterocycles. The van der Waals surface area contributed by atoms with E-state index in [1.54, 1.807) is 0 Å². The van der Waals surface area contributed by atoms with Crippen molar-refractivity contribution >= 4 is 17.3 Å². The molecule has 0 aliphatic heterocycles. The van der Waals surface area contributed by atoms with E-state index in [9.17, 15) is 5.11 Å². The standard InChI is InChI=1S/C17H27ClN2O/c1-19(2)12-14-7-5-6-10-17(14,21)13-8-9-16(20(3)4)15(18)11-13/h8-9,11,14,21H,5-7,10,12H2,1-4H3/t14-,17+/m1/s1. The predicted octanol–water partition coefficient (Wildman–Crippen LogP) is 3.35. The minimum Gasteiger partial charge on any atom is -0.385 e. The molecule has 0 bridgehead atoms. The molecular weight excluding hydrogens is 284 g/mol. The summed E-state index contributed by atoms with van der Waals surface area (Å²) < 4.78 is 0. The molecule has 118 valence electrons. The van der Waals surface area contributed by atoms with Crippen LogP contribution in [-0.2, 0) is 5.60 Å². The highest BCUT2D eigenvalue weighted by Crippen LogP contribution is 2.43. The van der Waals surface area contributed by atoms with Gasteiger partial charge in [-0.2, -0.15) is 0 Å². The Morgan fingerprint density at radius 3 is 2.52 bits per heavy atom. The largest absolute Gasteiger partial charge is 0.385 e. The van der Waals surface area contributed by atoms with Crippen molar-refractivity contribution in [2.24, 2.45) is 5.92 Å². The Hall–Kier alpha value is -0.770. The predicted molar refractivity (Wildman–Crippen MR) is 90.2 cm³/mol. The van der Waals surface area contributed by atoms with Crippen molar-refractivity contribution in [2.75, 3.05) is 39.6 Å². The summed E-state index contributed by atoms with van der Waals surface area (Å²) in [7, 11) is 8.09. The molecule has 1 N–H and O–H groups in total. The van der Waals surface area contributed by atoms with Gasteiger partial charge in [-0.1, -0.05) is 30.5 Å². The number of nitrogens with zero attached hydrogens (tertiary/aromatic N) is 2. The smallest absolute Gasteiger partial charge is 0.0937 e.